The van der Waals surface area contributed by atoms with Crippen LogP contribution in [0.25, 0.3) is 11.1 Å². The average molecular weight is 470 g/mol. The summed E-state index contributed by atoms with van der Waals surface area (Å²) in [7, 11) is 2.01. The van der Waals surface area contributed by atoms with Gasteiger partial charge in [0.15, 0.2) is 5.84 Å². The van der Waals surface area contributed by atoms with Gasteiger partial charge in [0.1, 0.15) is 0 Å². The Balaban J connectivity index is 1.99. The molecule has 1 fully saturated rings. The van der Waals surface area contributed by atoms with Gasteiger partial charge in [-0.2, -0.15) is 0 Å². The van der Waals surface area contributed by atoms with Crippen LogP contribution in [0.4, 0.5) is 0 Å². The Morgan fingerprint density at radius 1 is 1.18 bits per heavy atom. The van der Waals surface area contributed by atoms with Crippen molar-refractivity contribution in [3.63, 3.8) is 0 Å². The highest BCUT2D eigenvalue weighted by Gasteiger charge is 2.22. The molecule has 33 heavy (non-hydrogen) atoms. The van der Waals surface area contributed by atoms with Crippen molar-refractivity contribution in [2.45, 2.75) is 49.8 Å². The van der Waals surface area contributed by atoms with Gasteiger partial charge in [-0.1, -0.05) is 62.6 Å². The standard InChI is InChI=1S/C25H39N7S/c1-3-4-5-17(12-13-29-2)14-20-10-11-22(23(24(20)33-28)25(26)31-32-27)19-8-6-18(7-9-19)21-15-30-16-21/h6-11,17,21,29-30,32H,3-5,12-16,27-28H2,1-2H3,(H2,26,31). The summed E-state index contributed by atoms with van der Waals surface area (Å²) in [5.74, 6) is 7.01. The Hall–Kier alpha value is -2.10. The Labute approximate surface area is 202 Å². The van der Waals surface area contributed by atoms with E-state index in [9.17, 15) is 0 Å². The van der Waals surface area contributed by atoms with E-state index in [1.54, 1.807) is 0 Å². The highest BCUT2D eigenvalue weighted by molar-refractivity contribution is 7.97. The molecule has 8 heteroatoms. The quantitative estimate of drug-likeness (QED) is 0.0875. The van der Waals surface area contributed by atoms with Crippen molar-refractivity contribution in [2.24, 2.45) is 27.7 Å². The number of benzene rings is 2. The van der Waals surface area contributed by atoms with Crippen molar-refractivity contribution >= 4 is 17.8 Å². The number of nitrogens with two attached hydrogens (primary N) is 3. The monoisotopic (exact) mass is 469 g/mol. The molecule has 0 saturated carbocycles. The smallest absolute Gasteiger partial charge is 0.153 e. The van der Waals surface area contributed by atoms with Crippen molar-refractivity contribution in [1.29, 1.82) is 0 Å². The third kappa shape index (κ3) is 6.49. The SMILES string of the molecule is CCCCC(CCNC)Cc1ccc(-c2ccc(C3CNC3)cc2)c(/C(N)=N/NN)c1SN. The minimum atomic E-state index is 0.343. The minimum absolute atomic E-state index is 0.343. The van der Waals surface area contributed by atoms with Crippen molar-refractivity contribution in [3.05, 3.63) is 53.1 Å². The summed E-state index contributed by atoms with van der Waals surface area (Å²) in [4.78, 5) is 0.974. The lowest BCUT2D eigenvalue weighted by atomic mass is 9.88. The van der Waals surface area contributed by atoms with Crippen LogP contribution in [0.3, 0.4) is 0 Å². The van der Waals surface area contributed by atoms with E-state index in [-0.39, 0.29) is 0 Å². The predicted molar refractivity (Wildman–Crippen MR) is 141 cm³/mol. The van der Waals surface area contributed by atoms with Crippen LogP contribution >= 0.6 is 11.9 Å². The lowest BCUT2D eigenvalue weighted by molar-refractivity contribution is 0.423. The molecule has 0 aliphatic carbocycles. The van der Waals surface area contributed by atoms with Gasteiger partial charge < -0.3 is 16.4 Å². The van der Waals surface area contributed by atoms with Gasteiger partial charge in [0, 0.05) is 29.5 Å². The molecule has 0 spiro atoms. The fourth-order valence-electron chi connectivity index (χ4n) is 4.50. The molecule has 1 aliphatic heterocycles. The predicted octanol–water partition coefficient (Wildman–Crippen LogP) is 3.05. The summed E-state index contributed by atoms with van der Waals surface area (Å²) in [5, 5.41) is 17.0. The highest BCUT2D eigenvalue weighted by atomic mass is 32.2. The molecule has 180 valence electrons. The van der Waals surface area contributed by atoms with E-state index in [0.29, 0.717) is 17.7 Å². The fraction of sp³-hybridized carbons (Fsp3) is 0.480. The molecule has 1 saturated heterocycles. The topological polar surface area (TPSA) is 127 Å². The third-order valence-electron chi connectivity index (χ3n) is 6.55. The van der Waals surface area contributed by atoms with Gasteiger partial charge in [-0.05, 0) is 66.6 Å². The largest absolute Gasteiger partial charge is 0.382 e. The second kappa shape index (κ2) is 13.0. The molecular weight excluding hydrogens is 430 g/mol. The lowest BCUT2D eigenvalue weighted by Gasteiger charge is -2.27. The summed E-state index contributed by atoms with van der Waals surface area (Å²) in [6.07, 6.45) is 5.73. The van der Waals surface area contributed by atoms with Crippen LogP contribution < -0.4 is 32.9 Å². The molecule has 2 aromatic rings. The van der Waals surface area contributed by atoms with E-state index in [1.807, 2.05) is 7.05 Å². The van der Waals surface area contributed by atoms with E-state index in [0.717, 1.165) is 54.1 Å². The zero-order chi connectivity index (χ0) is 23.6. The van der Waals surface area contributed by atoms with E-state index in [2.05, 4.69) is 64.6 Å². The number of nitrogens with zero attached hydrogens (tertiary/aromatic N) is 1. The maximum atomic E-state index is 6.41. The number of nitrogens with one attached hydrogen (secondary N) is 3. The molecule has 7 nitrogen and oxygen atoms in total. The summed E-state index contributed by atoms with van der Waals surface area (Å²) in [6, 6.07) is 13.1. The number of hydrogen-bond donors (Lipinski definition) is 6. The van der Waals surface area contributed by atoms with Crippen LogP contribution in [0.15, 0.2) is 46.4 Å². The van der Waals surface area contributed by atoms with Gasteiger partial charge in [0.25, 0.3) is 0 Å². The van der Waals surface area contributed by atoms with Crippen LogP contribution in [0.2, 0.25) is 0 Å². The van der Waals surface area contributed by atoms with Gasteiger partial charge in [-0.15, -0.1) is 5.10 Å². The molecule has 1 unspecified atom stereocenters. The van der Waals surface area contributed by atoms with Crippen molar-refractivity contribution in [1.82, 2.24) is 16.2 Å². The number of hydrazone groups is 1. The van der Waals surface area contributed by atoms with Crippen LogP contribution in [0, 0.1) is 5.92 Å². The number of unbranched alkanes of at least 4 members (excludes halogenated alkanes) is 1. The molecule has 0 aromatic heterocycles. The van der Waals surface area contributed by atoms with Gasteiger partial charge in [0.05, 0.1) is 0 Å². The zero-order valence-corrected chi connectivity index (χ0v) is 20.7. The highest BCUT2D eigenvalue weighted by Crippen LogP contribution is 2.35. The molecule has 0 amide bonds. The van der Waals surface area contributed by atoms with Gasteiger partial charge in [0.2, 0.25) is 0 Å². The Morgan fingerprint density at radius 3 is 2.52 bits per heavy atom. The van der Waals surface area contributed by atoms with Gasteiger partial charge >= 0.3 is 0 Å². The van der Waals surface area contributed by atoms with Crippen molar-refractivity contribution in [3.8, 4) is 11.1 Å². The molecule has 0 radical (unpaired) electrons. The molecule has 1 heterocycles. The van der Waals surface area contributed by atoms with Crippen LogP contribution in [-0.2, 0) is 6.42 Å². The molecular formula is C25H39N7S. The first-order chi connectivity index (χ1) is 16.1. The normalized spacial score (nSPS) is 15.3. The molecule has 0 bridgehead atoms. The van der Waals surface area contributed by atoms with Crippen molar-refractivity contribution in [2.75, 3.05) is 26.7 Å². The number of amidine groups is 1. The molecule has 1 atom stereocenters. The van der Waals surface area contributed by atoms with E-state index < -0.39 is 0 Å². The molecule has 3 rings (SSSR count). The summed E-state index contributed by atoms with van der Waals surface area (Å²) < 4.78 is 0. The van der Waals surface area contributed by atoms with E-state index in [4.69, 9.17) is 16.7 Å². The van der Waals surface area contributed by atoms with Crippen LogP contribution in [0.1, 0.15) is 55.2 Å². The third-order valence-corrected chi connectivity index (χ3v) is 7.25. The maximum absolute atomic E-state index is 6.41. The summed E-state index contributed by atoms with van der Waals surface area (Å²) in [6.45, 7) is 5.34. The van der Waals surface area contributed by atoms with Crippen LogP contribution in [-0.4, -0.2) is 32.5 Å². The Kier molecular flexibility index (Phi) is 10.0. The Bertz CT molecular complexity index is 902. The zero-order valence-electron chi connectivity index (χ0n) is 19.9. The average Bonchev–Trinajstić information content (AvgIpc) is 2.80. The summed E-state index contributed by atoms with van der Waals surface area (Å²) >= 11 is 1.24. The minimum Gasteiger partial charge on any atom is -0.382 e. The van der Waals surface area contributed by atoms with Gasteiger partial charge in [-0.3, -0.25) is 5.14 Å². The first-order valence-electron chi connectivity index (χ1n) is 11.9. The first kappa shape index (κ1) is 25.5. The van der Waals surface area contributed by atoms with E-state index >= 15 is 0 Å². The number of hydrogen-bond acceptors (Lipinski definition) is 7. The van der Waals surface area contributed by atoms with Crippen LogP contribution in [0.5, 0.6) is 0 Å². The number of hydrazine groups is 1. The fourth-order valence-corrected chi connectivity index (χ4v) is 5.14. The first-order valence-corrected chi connectivity index (χ1v) is 12.8. The molecule has 9 N–H and O–H groups in total. The van der Waals surface area contributed by atoms with Gasteiger partial charge in [-0.25, -0.2) is 11.4 Å². The second-order valence-electron chi connectivity index (χ2n) is 8.80. The second-order valence-corrected chi connectivity index (χ2v) is 9.45. The summed E-state index contributed by atoms with van der Waals surface area (Å²) in [5.41, 5.74) is 14.3. The maximum Gasteiger partial charge on any atom is 0.153 e. The number of rotatable bonds is 13. The molecule has 1 aliphatic rings. The Morgan fingerprint density at radius 2 is 1.94 bits per heavy atom. The molecule has 2 aromatic carbocycles. The van der Waals surface area contributed by atoms with Crippen molar-refractivity contribution < 1.29 is 0 Å². The van der Waals surface area contributed by atoms with E-state index in [1.165, 1.54) is 42.3 Å². The lowest BCUT2D eigenvalue weighted by Crippen LogP contribution is -2.39.